The van der Waals surface area contributed by atoms with E-state index in [0.717, 1.165) is 25.0 Å². The van der Waals surface area contributed by atoms with Crippen molar-refractivity contribution in [1.82, 2.24) is 10.3 Å². The van der Waals surface area contributed by atoms with Crippen LogP contribution in [0.4, 0.5) is 0 Å². The van der Waals surface area contributed by atoms with E-state index in [4.69, 9.17) is 6.42 Å². The smallest absolute Gasteiger partial charge is 0.246 e. The first-order chi connectivity index (χ1) is 8.24. The quantitative estimate of drug-likeness (QED) is 0.477. The molecule has 1 heterocycles. The van der Waals surface area contributed by atoms with Gasteiger partial charge in [-0.1, -0.05) is 0 Å². The lowest BCUT2D eigenvalue weighted by molar-refractivity contribution is -0.117. The molecule has 0 aromatic carbocycles. The van der Waals surface area contributed by atoms with Crippen LogP contribution in [0.1, 0.15) is 31.9 Å². The largest absolute Gasteiger partial charge is 0.352 e. The Labute approximate surface area is 106 Å². The molecule has 0 unspecified atom stereocenters. The molecule has 1 N–H and O–H groups in total. The predicted octanol–water partition coefficient (Wildman–Crippen LogP) is 2.47. The molecule has 0 spiro atoms. The van der Waals surface area contributed by atoms with Gasteiger partial charge in [-0.25, -0.2) is 4.98 Å². The van der Waals surface area contributed by atoms with E-state index in [1.54, 1.807) is 18.5 Å². The predicted molar refractivity (Wildman–Crippen MR) is 71.5 cm³/mol. The fourth-order valence-corrected chi connectivity index (χ4v) is 1.79. The molecule has 0 atom stereocenters. The number of hydrogen-bond acceptors (Lipinski definition) is 3. The molecule has 0 saturated carbocycles. The van der Waals surface area contributed by atoms with Crippen molar-refractivity contribution >= 4 is 23.3 Å². The summed E-state index contributed by atoms with van der Waals surface area (Å²) in [5.74, 6) is 2.53. The summed E-state index contributed by atoms with van der Waals surface area (Å²) in [5, 5.41) is 4.76. The number of nitrogens with one attached hydrogen (secondary N) is 1. The third-order valence-electron chi connectivity index (χ3n) is 2.21. The summed E-state index contributed by atoms with van der Waals surface area (Å²) in [4.78, 5) is 15.8. The molecule has 0 bridgehead atoms. The summed E-state index contributed by atoms with van der Waals surface area (Å²) < 4.78 is 0. The molecule has 0 radical (unpaired) electrons. The standard InChI is InChI=1S/C13H16N2OS/c1-3-4-5-6-7-14-13(16)11(2)8-12-9-17-10-15-12/h1,8-10H,4-7H2,2H3,(H,14,16)/b11-8-. The maximum atomic E-state index is 11.7. The highest BCUT2D eigenvalue weighted by molar-refractivity contribution is 7.07. The van der Waals surface area contributed by atoms with E-state index in [0.29, 0.717) is 12.1 Å². The Morgan fingerprint density at radius 1 is 1.65 bits per heavy atom. The lowest BCUT2D eigenvalue weighted by atomic mass is 10.2. The number of carbonyl (C=O) groups excluding carboxylic acids is 1. The first-order valence-electron chi connectivity index (χ1n) is 5.52. The van der Waals surface area contributed by atoms with Crippen LogP contribution in [0.2, 0.25) is 0 Å². The third-order valence-corrected chi connectivity index (χ3v) is 2.81. The first-order valence-corrected chi connectivity index (χ1v) is 6.46. The number of amides is 1. The Morgan fingerprint density at radius 2 is 2.47 bits per heavy atom. The summed E-state index contributed by atoms with van der Waals surface area (Å²) in [7, 11) is 0. The van der Waals surface area contributed by atoms with Crippen molar-refractivity contribution in [3.8, 4) is 12.3 Å². The lowest BCUT2D eigenvalue weighted by Gasteiger charge is -2.04. The maximum Gasteiger partial charge on any atom is 0.246 e. The second kappa shape index (κ2) is 7.64. The molecule has 0 aliphatic heterocycles. The highest BCUT2D eigenvalue weighted by Crippen LogP contribution is 2.07. The molecule has 1 aromatic heterocycles. The van der Waals surface area contributed by atoms with Crippen LogP contribution < -0.4 is 5.32 Å². The first kappa shape index (κ1) is 13.5. The van der Waals surface area contributed by atoms with Gasteiger partial charge in [-0.05, 0) is 25.8 Å². The zero-order chi connectivity index (χ0) is 12.5. The van der Waals surface area contributed by atoms with Crippen molar-refractivity contribution < 1.29 is 4.79 Å². The van der Waals surface area contributed by atoms with Gasteiger partial charge in [-0.3, -0.25) is 4.79 Å². The number of hydrogen-bond donors (Lipinski definition) is 1. The molecule has 3 nitrogen and oxygen atoms in total. The van der Waals surface area contributed by atoms with Gasteiger partial charge in [0.2, 0.25) is 5.91 Å². The van der Waals surface area contributed by atoms with Gasteiger partial charge >= 0.3 is 0 Å². The molecule has 0 aliphatic rings. The molecule has 4 heteroatoms. The van der Waals surface area contributed by atoms with Crippen LogP contribution in [-0.4, -0.2) is 17.4 Å². The van der Waals surface area contributed by atoms with E-state index in [1.165, 1.54) is 11.3 Å². The average molecular weight is 248 g/mol. The van der Waals surface area contributed by atoms with E-state index >= 15 is 0 Å². The van der Waals surface area contributed by atoms with Crippen LogP contribution in [0.15, 0.2) is 16.5 Å². The number of carbonyl (C=O) groups is 1. The third kappa shape index (κ3) is 5.32. The van der Waals surface area contributed by atoms with E-state index in [-0.39, 0.29) is 5.91 Å². The molecule has 0 saturated heterocycles. The summed E-state index contributed by atoms with van der Waals surface area (Å²) >= 11 is 1.51. The van der Waals surface area contributed by atoms with Gasteiger partial charge in [0, 0.05) is 23.9 Å². The zero-order valence-corrected chi connectivity index (χ0v) is 10.7. The van der Waals surface area contributed by atoms with Crippen molar-refractivity contribution in [2.45, 2.75) is 26.2 Å². The van der Waals surface area contributed by atoms with Crippen LogP contribution in [0.25, 0.3) is 6.08 Å². The Morgan fingerprint density at radius 3 is 3.12 bits per heavy atom. The molecule has 1 rings (SSSR count). The Bertz CT molecular complexity index is 415. The van der Waals surface area contributed by atoms with E-state index in [2.05, 4.69) is 16.2 Å². The van der Waals surface area contributed by atoms with Crippen molar-refractivity contribution in [1.29, 1.82) is 0 Å². The number of aromatic nitrogens is 1. The summed E-state index contributed by atoms with van der Waals surface area (Å²) in [6, 6.07) is 0. The van der Waals surface area contributed by atoms with Gasteiger partial charge in [0.1, 0.15) is 0 Å². The van der Waals surface area contributed by atoms with Gasteiger partial charge in [-0.2, -0.15) is 0 Å². The number of unbranched alkanes of at least 4 members (excludes halogenated alkanes) is 2. The molecular formula is C13H16N2OS. The maximum absolute atomic E-state index is 11.7. The minimum atomic E-state index is -0.0429. The van der Waals surface area contributed by atoms with Crippen molar-refractivity contribution in [3.05, 3.63) is 22.2 Å². The number of nitrogens with zero attached hydrogens (tertiary/aromatic N) is 1. The van der Waals surface area contributed by atoms with Crippen LogP contribution >= 0.6 is 11.3 Å². The van der Waals surface area contributed by atoms with Crippen LogP contribution in [-0.2, 0) is 4.79 Å². The van der Waals surface area contributed by atoms with Crippen LogP contribution in [0, 0.1) is 12.3 Å². The van der Waals surface area contributed by atoms with E-state index in [9.17, 15) is 4.79 Å². The fourth-order valence-electron chi connectivity index (χ4n) is 1.27. The average Bonchev–Trinajstić information content (AvgIpc) is 2.81. The molecule has 90 valence electrons. The summed E-state index contributed by atoms with van der Waals surface area (Å²) in [5.41, 5.74) is 3.25. The number of rotatable bonds is 6. The molecule has 0 aliphatic carbocycles. The minimum Gasteiger partial charge on any atom is -0.352 e. The van der Waals surface area contributed by atoms with Gasteiger partial charge in [0.25, 0.3) is 0 Å². The van der Waals surface area contributed by atoms with Crippen molar-refractivity contribution in [2.24, 2.45) is 0 Å². The van der Waals surface area contributed by atoms with Gasteiger partial charge in [0.05, 0.1) is 11.2 Å². The molecule has 1 amide bonds. The minimum absolute atomic E-state index is 0.0429. The van der Waals surface area contributed by atoms with Crippen molar-refractivity contribution in [2.75, 3.05) is 6.54 Å². The second-order valence-corrected chi connectivity index (χ2v) is 4.38. The molecule has 0 fully saturated rings. The van der Waals surface area contributed by atoms with Crippen LogP contribution in [0.3, 0.4) is 0 Å². The highest BCUT2D eigenvalue weighted by Gasteiger charge is 2.03. The normalized spacial score (nSPS) is 10.9. The Kier molecular flexibility index (Phi) is 6.05. The molecule has 17 heavy (non-hydrogen) atoms. The van der Waals surface area contributed by atoms with E-state index in [1.807, 2.05) is 5.38 Å². The van der Waals surface area contributed by atoms with Crippen molar-refractivity contribution in [3.63, 3.8) is 0 Å². The Hall–Kier alpha value is -1.60. The molecular weight excluding hydrogens is 232 g/mol. The van der Waals surface area contributed by atoms with Gasteiger partial charge < -0.3 is 5.32 Å². The molecule has 1 aromatic rings. The summed E-state index contributed by atoms with van der Waals surface area (Å²) in [6.45, 7) is 2.46. The van der Waals surface area contributed by atoms with Gasteiger partial charge in [0.15, 0.2) is 0 Å². The SMILES string of the molecule is C#CCCCCNC(=O)/C(C)=C\c1cscn1. The number of thiazole rings is 1. The fraction of sp³-hybridized carbons (Fsp3) is 0.385. The number of terminal acetylenes is 1. The topological polar surface area (TPSA) is 42.0 Å². The lowest BCUT2D eigenvalue weighted by Crippen LogP contribution is -2.24. The summed E-state index contributed by atoms with van der Waals surface area (Å²) in [6.07, 6.45) is 9.56. The monoisotopic (exact) mass is 248 g/mol. The second-order valence-electron chi connectivity index (χ2n) is 3.66. The van der Waals surface area contributed by atoms with Gasteiger partial charge in [-0.15, -0.1) is 23.7 Å². The zero-order valence-electron chi connectivity index (χ0n) is 9.90. The Balaban J connectivity index is 2.30. The van der Waals surface area contributed by atoms with E-state index < -0.39 is 0 Å². The highest BCUT2D eigenvalue weighted by atomic mass is 32.1. The van der Waals surface area contributed by atoms with Crippen LogP contribution in [0.5, 0.6) is 0 Å².